The molecule has 176 valence electrons. The molecule has 0 radical (unpaired) electrons. The molecule has 14 heteroatoms. The van der Waals surface area contributed by atoms with Gasteiger partial charge in [-0.25, -0.2) is 14.0 Å². The van der Waals surface area contributed by atoms with Gasteiger partial charge in [0.05, 0.1) is 13.2 Å². The number of H-pyrrole nitrogens is 1. The van der Waals surface area contributed by atoms with Crippen LogP contribution >= 0.6 is 19.5 Å². The highest BCUT2D eigenvalue weighted by Crippen LogP contribution is 2.51. The summed E-state index contributed by atoms with van der Waals surface area (Å²) in [5.74, 6) is 0.280. The highest BCUT2D eigenvalue weighted by Gasteiger charge is 2.53. The summed E-state index contributed by atoms with van der Waals surface area (Å²) in [6.07, 6.45) is -3.11. The Morgan fingerprint density at radius 2 is 2.03 bits per heavy atom. The third-order valence-electron chi connectivity index (χ3n) is 4.70. The monoisotopic (exact) mass is 481 g/mol. The number of thioether (sulfide) groups is 1. The van der Waals surface area contributed by atoms with Crippen LogP contribution in [0.1, 0.15) is 25.6 Å². The standard InChI is InChI=1S/C17H28N3O9PS/c1-10-8-20(16(25)18-14(10)24)15-12(22)13(23)17(3,29-15)9-28-30(26,19(4)5)27-6-7-31-11(2)21/h8,12-13,15,22-23H,6-7,9H2,1-5H3,(H,18,24,25)/t12-,13?,15+,17+,30?/m0/s1. The Balaban J connectivity index is 2.15. The van der Waals surface area contributed by atoms with Gasteiger partial charge in [0.25, 0.3) is 5.56 Å². The van der Waals surface area contributed by atoms with E-state index < -0.39 is 49.6 Å². The topological polar surface area (TPSA) is 160 Å². The normalized spacial score (nSPS) is 28.1. The van der Waals surface area contributed by atoms with Crippen LogP contribution in [0.2, 0.25) is 0 Å². The van der Waals surface area contributed by atoms with Crippen LogP contribution in [0.5, 0.6) is 0 Å². The van der Waals surface area contributed by atoms with E-state index in [0.717, 1.165) is 16.3 Å². The first-order chi connectivity index (χ1) is 14.3. The molecule has 2 heterocycles. The molecule has 0 aliphatic carbocycles. The molecule has 12 nitrogen and oxygen atoms in total. The van der Waals surface area contributed by atoms with Crippen molar-refractivity contribution in [3.63, 3.8) is 0 Å². The van der Waals surface area contributed by atoms with Gasteiger partial charge in [0.15, 0.2) is 11.3 Å². The van der Waals surface area contributed by atoms with E-state index in [9.17, 15) is 29.2 Å². The second-order valence-electron chi connectivity index (χ2n) is 7.50. The zero-order valence-corrected chi connectivity index (χ0v) is 19.6. The van der Waals surface area contributed by atoms with Crippen molar-refractivity contribution in [2.45, 2.75) is 44.8 Å². The molecule has 0 saturated carbocycles. The highest BCUT2D eigenvalue weighted by atomic mass is 32.2. The molecule has 1 aromatic heterocycles. The molecule has 0 bridgehead atoms. The molecule has 2 rings (SSSR count). The Labute approximate surface area is 183 Å². The number of hydrogen-bond donors (Lipinski definition) is 3. The van der Waals surface area contributed by atoms with E-state index in [2.05, 4.69) is 4.98 Å². The zero-order chi connectivity index (χ0) is 23.6. The maximum absolute atomic E-state index is 13.0. The first-order valence-electron chi connectivity index (χ1n) is 9.37. The minimum atomic E-state index is -3.79. The van der Waals surface area contributed by atoms with E-state index in [0.29, 0.717) is 0 Å². The molecule has 3 N–H and O–H groups in total. The fraction of sp³-hybridized carbons (Fsp3) is 0.706. The van der Waals surface area contributed by atoms with Crippen molar-refractivity contribution >= 4 is 24.6 Å². The molecule has 5 atom stereocenters. The molecular formula is C17H28N3O9PS. The van der Waals surface area contributed by atoms with Crippen LogP contribution in [0.4, 0.5) is 0 Å². The fourth-order valence-corrected chi connectivity index (χ4v) is 4.72. The van der Waals surface area contributed by atoms with Gasteiger partial charge < -0.3 is 14.9 Å². The smallest absolute Gasteiger partial charge is 0.387 e. The van der Waals surface area contributed by atoms with E-state index in [1.165, 1.54) is 45.7 Å². The van der Waals surface area contributed by atoms with Gasteiger partial charge in [0, 0.05) is 24.4 Å². The molecular weight excluding hydrogens is 453 g/mol. The summed E-state index contributed by atoms with van der Waals surface area (Å²) in [4.78, 5) is 36.9. The van der Waals surface area contributed by atoms with Gasteiger partial charge in [-0.15, -0.1) is 0 Å². The molecule has 0 amide bonds. The molecule has 1 fully saturated rings. The average molecular weight is 481 g/mol. The number of aliphatic hydroxyl groups is 2. The number of hydrogen-bond acceptors (Lipinski definition) is 10. The molecule has 1 aliphatic heterocycles. The van der Waals surface area contributed by atoms with Gasteiger partial charge in [-0.05, 0) is 27.9 Å². The molecule has 1 saturated heterocycles. The lowest BCUT2D eigenvalue weighted by atomic mass is 9.99. The van der Waals surface area contributed by atoms with Crippen molar-refractivity contribution in [1.82, 2.24) is 14.2 Å². The molecule has 1 aromatic rings. The highest BCUT2D eigenvalue weighted by molar-refractivity contribution is 8.13. The number of rotatable bonds is 9. The Morgan fingerprint density at radius 3 is 2.61 bits per heavy atom. The zero-order valence-electron chi connectivity index (χ0n) is 17.9. The molecule has 2 unspecified atom stereocenters. The van der Waals surface area contributed by atoms with E-state index in [-0.39, 0.29) is 23.0 Å². The number of nitrogens with one attached hydrogen (secondary N) is 1. The first kappa shape index (κ1) is 25.9. The lowest BCUT2D eigenvalue weighted by Gasteiger charge is -2.31. The maximum atomic E-state index is 13.0. The minimum Gasteiger partial charge on any atom is -0.387 e. The molecule has 0 spiro atoms. The van der Waals surface area contributed by atoms with E-state index in [1.807, 2.05) is 0 Å². The van der Waals surface area contributed by atoms with E-state index in [1.54, 1.807) is 0 Å². The number of aliphatic hydroxyl groups excluding tert-OH is 2. The quantitative estimate of drug-likeness (QED) is 0.317. The van der Waals surface area contributed by atoms with Gasteiger partial charge in [-0.2, -0.15) is 0 Å². The maximum Gasteiger partial charge on any atom is 0.407 e. The Kier molecular flexibility index (Phi) is 8.45. The Hall–Kier alpha value is -1.31. The van der Waals surface area contributed by atoms with Gasteiger partial charge in [-0.3, -0.25) is 28.2 Å². The van der Waals surface area contributed by atoms with Crippen LogP contribution in [0, 0.1) is 6.92 Å². The first-order valence-corrected chi connectivity index (χ1v) is 11.8. The summed E-state index contributed by atoms with van der Waals surface area (Å²) < 4.78 is 31.8. The van der Waals surface area contributed by atoms with Crippen molar-refractivity contribution in [3.8, 4) is 0 Å². The summed E-state index contributed by atoms with van der Waals surface area (Å²) in [6.45, 7) is 3.86. The summed E-state index contributed by atoms with van der Waals surface area (Å²) in [5, 5.41) is 20.9. The molecule has 31 heavy (non-hydrogen) atoms. The molecule has 0 aromatic carbocycles. The number of carbonyl (C=O) groups is 1. The fourth-order valence-electron chi connectivity index (χ4n) is 2.86. The third kappa shape index (κ3) is 5.93. The van der Waals surface area contributed by atoms with Gasteiger partial charge in [0.1, 0.15) is 17.8 Å². The number of nitrogens with zero attached hydrogens (tertiary/aromatic N) is 2. The van der Waals surface area contributed by atoms with Crippen molar-refractivity contribution in [2.75, 3.05) is 33.1 Å². The van der Waals surface area contributed by atoms with Crippen LogP contribution in [-0.4, -0.2) is 80.4 Å². The summed E-state index contributed by atoms with van der Waals surface area (Å²) in [6, 6.07) is 0. The number of aryl methyl sites for hydroxylation is 1. The second kappa shape index (κ2) is 10.1. The van der Waals surface area contributed by atoms with Crippen molar-refractivity contribution < 1.29 is 33.4 Å². The second-order valence-corrected chi connectivity index (χ2v) is 11.0. The number of aromatic nitrogens is 2. The average Bonchev–Trinajstić information content (AvgIpc) is 2.91. The third-order valence-corrected chi connectivity index (χ3v) is 7.42. The lowest BCUT2D eigenvalue weighted by Crippen LogP contribution is -2.44. The minimum absolute atomic E-state index is 0.0167. The number of carbonyl (C=O) groups excluding carboxylic acids is 1. The van der Waals surface area contributed by atoms with Crippen LogP contribution in [0.25, 0.3) is 0 Å². The predicted octanol–water partition coefficient (Wildman–Crippen LogP) is -0.163. The Bertz CT molecular complexity index is 965. The summed E-state index contributed by atoms with van der Waals surface area (Å²) in [5.41, 5.74) is -2.73. The number of ether oxygens (including phenoxy) is 1. The van der Waals surface area contributed by atoms with Crippen LogP contribution in [0.15, 0.2) is 15.8 Å². The Morgan fingerprint density at radius 1 is 1.39 bits per heavy atom. The largest absolute Gasteiger partial charge is 0.407 e. The summed E-state index contributed by atoms with van der Waals surface area (Å²) in [7, 11) is -0.829. The van der Waals surface area contributed by atoms with Gasteiger partial charge in [0.2, 0.25) is 0 Å². The SMILES string of the molecule is CC(=O)SCCOP(=O)(OC[C@@]1(C)O[C@@H](n2cc(C)c(=O)[nH]c2=O)[C@@H](O)C1O)N(C)C. The van der Waals surface area contributed by atoms with Crippen molar-refractivity contribution in [1.29, 1.82) is 0 Å². The molecule has 1 aliphatic rings. The van der Waals surface area contributed by atoms with Gasteiger partial charge in [-0.1, -0.05) is 11.8 Å². The van der Waals surface area contributed by atoms with E-state index in [4.69, 9.17) is 13.8 Å². The van der Waals surface area contributed by atoms with Crippen molar-refractivity contribution in [3.05, 3.63) is 32.6 Å². The van der Waals surface area contributed by atoms with Crippen LogP contribution in [0.3, 0.4) is 0 Å². The van der Waals surface area contributed by atoms with Gasteiger partial charge >= 0.3 is 13.4 Å². The van der Waals surface area contributed by atoms with Crippen LogP contribution in [-0.2, 0) is 23.1 Å². The number of aromatic amines is 1. The van der Waals surface area contributed by atoms with Crippen LogP contribution < -0.4 is 11.2 Å². The predicted molar refractivity (Wildman–Crippen MR) is 113 cm³/mol. The van der Waals surface area contributed by atoms with E-state index >= 15 is 0 Å². The lowest BCUT2D eigenvalue weighted by molar-refractivity contribution is -0.115. The van der Waals surface area contributed by atoms with Crippen molar-refractivity contribution in [2.24, 2.45) is 0 Å². The summed E-state index contributed by atoms with van der Waals surface area (Å²) >= 11 is 1.01.